The SMILES string of the molecule is CC.CCCCC(CC)C(C)C.c1ccc(Cc2ccc3ccccc3c2)cc1. The van der Waals surface area contributed by atoms with E-state index in [0.29, 0.717) is 0 Å². The summed E-state index contributed by atoms with van der Waals surface area (Å²) in [5.74, 6) is 1.86. The summed E-state index contributed by atoms with van der Waals surface area (Å²) in [5, 5.41) is 2.63. The fourth-order valence-corrected chi connectivity index (χ4v) is 3.66. The van der Waals surface area contributed by atoms with Gasteiger partial charge in [-0.3, -0.25) is 0 Å². The van der Waals surface area contributed by atoms with Gasteiger partial charge >= 0.3 is 0 Å². The monoisotopic (exact) mass is 390 g/mol. The van der Waals surface area contributed by atoms with Crippen LogP contribution in [-0.2, 0) is 6.42 Å². The Labute approximate surface area is 180 Å². The highest BCUT2D eigenvalue weighted by Gasteiger charge is 2.08. The van der Waals surface area contributed by atoms with Gasteiger partial charge in [-0.2, -0.15) is 0 Å². The van der Waals surface area contributed by atoms with Crippen LogP contribution in [0.5, 0.6) is 0 Å². The molecule has 29 heavy (non-hydrogen) atoms. The van der Waals surface area contributed by atoms with Gasteiger partial charge < -0.3 is 0 Å². The maximum absolute atomic E-state index is 2.34. The molecule has 0 aliphatic heterocycles. The van der Waals surface area contributed by atoms with Crippen LogP contribution in [0.4, 0.5) is 0 Å². The van der Waals surface area contributed by atoms with E-state index >= 15 is 0 Å². The van der Waals surface area contributed by atoms with Crippen molar-refractivity contribution in [1.29, 1.82) is 0 Å². The lowest BCUT2D eigenvalue weighted by Gasteiger charge is -2.17. The molecule has 0 aliphatic carbocycles. The summed E-state index contributed by atoms with van der Waals surface area (Å²) in [5.41, 5.74) is 2.73. The van der Waals surface area contributed by atoms with Gasteiger partial charge in [0.1, 0.15) is 0 Å². The Hall–Kier alpha value is -2.08. The van der Waals surface area contributed by atoms with E-state index in [0.717, 1.165) is 18.3 Å². The third-order valence-electron chi connectivity index (χ3n) is 5.46. The minimum absolute atomic E-state index is 0.886. The number of hydrogen-bond donors (Lipinski definition) is 0. The molecule has 3 aromatic rings. The van der Waals surface area contributed by atoms with Crippen molar-refractivity contribution in [3.8, 4) is 0 Å². The molecule has 0 fully saturated rings. The van der Waals surface area contributed by atoms with E-state index in [1.54, 1.807) is 0 Å². The van der Waals surface area contributed by atoms with Crippen molar-refractivity contribution < 1.29 is 0 Å². The fourth-order valence-electron chi connectivity index (χ4n) is 3.66. The van der Waals surface area contributed by atoms with E-state index in [9.17, 15) is 0 Å². The van der Waals surface area contributed by atoms with Crippen molar-refractivity contribution in [3.63, 3.8) is 0 Å². The number of hydrogen-bond acceptors (Lipinski definition) is 0. The molecule has 0 nitrogen and oxygen atoms in total. The van der Waals surface area contributed by atoms with Crippen molar-refractivity contribution in [1.82, 2.24) is 0 Å². The standard InChI is InChI=1S/C17H14.C10H22.C2H6/c1-2-6-14(7-3-1)12-15-10-11-16-8-4-5-9-17(16)13-15;1-5-7-8-10(6-2)9(3)4;1-2/h1-11,13H,12H2;9-10H,5-8H2,1-4H3;1-2H3. The summed E-state index contributed by atoms with van der Waals surface area (Å²) >= 11 is 0. The highest BCUT2D eigenvalue weighted by molar-refractivity contribution is 5.83. The molecular weight excluding hydrogens is 348 g/mol. The molecule has 0 amide bonds. The first-order chi connectivity index (χ1) is 14.1. The predicted octanol–water partition coefficient (Wildman–Crippen LogP) is 9.32. The maximum Gasteiger partial charge on any atom is -0.00256 e. The Kier molecular flexibility index (Phi) is 12.8. The minimum Gasteiger partial charge on any atom is -0.0683 e. The van der Waals surface area contributed by atoms with Gasteiger partial charge in [0.05, 0.1) is 0 Å². The summed E-state index contributed by atoms with van der Waals surface area (Å²) in [6, 6.07) is 25.8. The molecule has 0 aliphatic rings. The lowest BCUT2D eigenvalue weighted by molar-refractivity contribution is 0.339. The smallest absolute Gasteiger partial charge is 0.00256 e. The van der Waals surface area contributed by atoms with Gasteiger partial charge in [-0.25, -0.2) is 0 Å². The van der Waals surface area contributed by atoms with Crippen molar-refractivity contribution in [2.45, 2.75) is 73.6 Å². The number of rotatable bonds is 7. The summed E-state index contributed by atoms with van der Waals surface area (Å²) in [6.45, 7) is 13.3. The van der Waals surface area contributed by atoms with E-state index < -0.39 is 0 Å². The zero-order valence-electron chi connectivity index (χ0n) is 19.6. The highest BCUT2D eigenvalue weighted by atomic mass is 14.1. The molecule has 0 heterocycles. The topological polar surface area (TPSA) is 0 Å². The summed E-state index contributed by atoms with van der Waals surface area (Å²) < 4.78 is 0. The largest absolute Gasteiger partial charge is 0.0683 e. The van der Waals surface area contributed by atoms with E-state index in [2.05, 4.69) is 100 Å². The average molecular weight is 391 g/mol. The molecule has 0 saturated heterocycles. The van der Waals surface area contributed by atoms with Gasteiger partial charge in [0.2, 0.25) is 0 Å². The minimum atomic E-state index is 0.886. The molecule has 158 valence electrons. The second kappa shape index (κ2) is 14.9. The second-order valence-electron chi connectivity index (χ2n) is 7.90. The molecule has 0 radical (unpaired) electrons. The van der Waals surface area contributed by atoms with Crippen LogP contribution in [0, 0.1) is 11.8 Å². The van der Waals surface area contributed by atoms with E-state index in [-0.39, 0.29) is 0 Å². The van der Waals surface area contributed by atoms with Gasteiger partial charge in [0.15, 0.2) is 0 Å². The first-order valence-electron chi connectivity index (χ1n) is 11.7. The van der Waals surface area contributed by atoms with Crippen molar-refractivity contribution in [3.05, 3.63) is 83.9 Å². The van der Waals surface area contributed by atoms with Crippen LogP contribution in [0.1, 0.15) is 78.4 Å². The molecule has 3 rings (SSSR count). The summed E-state index contributed by atoms with van der Waals surface area (Å²) in [4.78, 5) is 0. The first kappa shape index (κ1) is 25.0. The fraction of sp³-hybridized carbons (Fsp3) is 0.448. The molecule has 0 N–H and O–H groups in total. The van der Waals surface area contributed by atoms with E-state index in [4.69, 9.17) is 0 Å². The van der Waals surface area contributed by atoms with Crippen molar-refractivity contribution in [2.24, 2.45) is 11.8 Å². The predicted molar refractivity (Wildman–Crippen MR) is 133 cm³/mol. The second-order valence-corrected chi connectivity index (χ2v) is 7.90. The van der Waals surface area contributed by atoms with Crippen LogP contribution in [0.25, 0.3) is 10.8 Å². The van der Waals surface area contributed by atoms with Gasteiger partial charge in [-0.15, -0.1) is 0 Å². The molecule has 0 aromatic heterocycles. The zero-order chi connectivity index (χ0) is 21.5. The van der Waals surface area contributed by atoms with Crippen LogP contribution in [0.3, 0.4) is 0 Å². The first-order valence-corrected chi connectivity index (χ1v) is 11.7. The Balaban J connectivity index is 0.000000304. The third-order valence-corrected chi connectivity index (χ3v) is 5.46. The number of benzene rings is 3. The molecule has 1 unspecified atom stereocenters. The maximum atomic E-state index is 2.34. The highest BCUT2D eigenvalue weighted by Crippen LogP contribution is 2.21. The molecule has 0 saturated carbocycles. The quantitative estimate of drug-likeness (QED) is 0.377. The lowest BCUT2D eigenvalue weighted by Crippen LogP contribution is -2.06. The van der Waals surface area contributed by atoms with Crippen LogP contribution in [-0.4, -0.2) is 0 Å². The van der Waals surface area contributed by atoms with Gasteiger partial charge in [0.25, 0.3) is 0 Å². The van der Waals surface area contributed by atoms with Crippen LogP contribution < -0.4 is 0 Å². The van der Waals surface area contributed by atoms with E-state index in [1.165, 1.54) is 47.6 Å². The Morgan fingerprint density at radius 3 is 1.90 bits per heavy atom. The molecule has 0 spiro atoms. The van der Waals surface area contributed by atoms with Gasteiger partial charge in [-0.1, -0.05) is 140 Å². The molecule has 0 bridgehead atoms. The average Bonchev–Trinajstić information content (AvgIpc) is 2.76. The summed E-state index contributed by atoms with van der Waals surface area (Å²) in [6.07, 6.45) is 6.56. The van der Waals surface area contributed by atoms with Crippen LogP contribution in [0.15, 0.2) is 72.8 Å². The number of unbranched alkanes of at least 4 members (excludes halogenated alkanes) is 1. The Morgan fingerprint density at radius 2 is 1.31 bits per heavy atom. The summed E-state index contributed by atoms with van der Waals surface area (Å²) in [7, 11) is 0. The lowest BCUT2D eigenvalue weighted by atomic mass is 9.89. The molecule has 0 heteroatoms. The normalized spacial score (nSPS) is 11.3. The molecular formula is C29H42. The third kappa shape index (κ3) is 9.31. The molecule has 3 aromatic carbocycles. The van der Waals surface area contributed by atoms with Gasteiger partial charge in [0, 0.05) is 0 Å². The van der Waals surface area contributed by atoms with Crippen LogP contribution >= 0.6 is 0 Å². The van der Waals surface area contributed by atoms with Crippen LogP contribution in [0.2, 0.25) is 0 Å². The van der Waals surface area contributed by atoms with Gasteiger partial charge in [-0.05, 0) is 40.2 Å². The van der Waals surface area contributed by atoms with Crippen molar-refractivity contribution >= 4 is 10.8 Å². The van der Waals surface area contributed by atoms with Crippen molar-refractivity contribution in [2.75, 3.05) is 0 Å². The Morgan fingerprint density at radius 1 is 0.690 bits per heavy atom. The molecule has 1 atom stereocenters. The zero-order valence-corrected chi connectivity index (χ0v) is 19.6. The van der Waals surface area contributed by atoms with E-state index in [1.807, 2.05) is 13.8 Å². The number of fused-ring (bicyclic) bond motifs is 1. The Bertz CT molecular complexity index is 770.